The second-order valence-corrected chi connectivity index (χ2v) is 2.49. The van der Waals surface area contributed by atoms with E-state index in [1.54, 1.807) is 0 Å². The van der Waals surface area contributed by atoms with Gasteiger partial charge < -0.3 is 15.9 Å². The molecule has 0 amide bonds. The summed E-state index contributed by atoms with van der Waals surface area (Å²) in [6, 6.07) is 0. The number of hydrogen-bond donors (Lipinski definition) is 3. The molecule has 0 heterocycles. The van der Waals surface area contributed by atoms with E-state index in [1.807, 2.05) is 0 Å². The summed E-state index contributed by atoms with van der Waals surface area (Å²) >= 11 is 0. The predicted octanol–water partition coefficient (Wildman–Crippen LogP) is 2.56. The van der Waals surface area contributed by atoms with Gasteiger partial charge in [0, 0.05) is 0 Å². The van der Waals surface area contributed by atoms with E-state index in [0.29, 0.717) is 0 Å². The number of nitrogens with two attached hydrogens (primary N) is 1. The zero-order chi connectivity index (χ0) is 9.82. The molecule has 0 aliphatic carbocycles. The summed E-state index contributed by atoms with van der Waals surface area (Å²) in [5.41, 5.74) is 5.31. The van der Waals surface area contributed by atoms with Crippen molar-refractivity contribution in [2.75, 3.05) is 6.54 Å². The molecule has 0 aromatic rings. The highest BCUT2D eigenvalue weighted by molar-refractivity contribution is 5.85. The zero-order valence-corrected chi connectivity index (χ0v) is 8.85. The molecule has 5 heteroatoms. The van der Waals surface area contributed by atoms with E-state index in [2.05, 4.69) is 6.92 Å². The van der Waals surface area contributed by atoms with Crippen LogP contribution in [-0.2, 0) is 0 Å². The van der Waals surface area contributed by atoms with E-state index in [9.17, 15) is 0 Å². The molecule has 0 radical (unpaired) electrons. The van der Waals surface area contributed by atoms with Crippen LogP contribution in [0.5, 0.6) is 0 Å². The zero-order valence-electron chi connectivity index (χ0n) is 8.03. The van der Waals surface area contributed by atoms with Gasteiger partial charge in [-0.2, -0.15) is 0 Å². The van der Waals surface area contributed by atoms with Gasteiger partial charge in [0.1, 0.15) is 0 Å². The van der Waals surface area contributed by atoms with Crippen molar-refractivity contribution in [2.45, 2.75) is 39.0 Å². The minimum Gasteiger partial charge on any atom is -0.450 e. The summed E-state index contributed by atoms with van der Waals surface area (Å²) < 4.78 is 0. The van der Waals surface area contributed by atoms with Gasteiger partial charge >= 0.3 is 6.16 Å². The first kappa shape index (κ1) is 18.3. The highest BCUT2D eigenvalue weighted by Gasteiger charge is 1.83. The highest BCUT2D eigenvalue weighted by atomic mass is 35.5. The van der Waals surface area contributed by atoms with Gasteiger partial charge in [-0.1, -0.05) is 32.6 Å². The lowest BCUT2D eigenvalue weighted by molar-refractivity contribution is 0.137. The minimum atomic E-state index is -1.83. The molecule has 0 rings (SSSR count). The number of halogens is 1. The van der Waals surface area contributed by atoms with Crippen molar-refractivity contribution in [1.82, 2.24) is 0 Å². The third kappa shape index (κ3) is 51.1. The molecular weight excluding hydrogens is 194 g/mol. The Morgan fingerprint density at radius 3 is 1.85 bits per heavy atom. The Hall–Kier alpha value is -0.480. The summed E-state index contributed by atoms with van der Waals surface area (Å²) in [7, 11) is 0. The van der Waals surface area contributed by atoms with Gasteiger partial charge in [-0.15, -0.1) is 12.4 Å². The van der Waals surface area contributed by atoms with E-state index >= 15 is 0 Å². The number of hydrogen-bond acceptors (Lipinski definition) is 2. The van der Waals surface area contributed by atoms with Crippen molar-refractivity contribution in [1.29, 1.82) is 0 Å². The van der Waals surface area contributed by atoms with Crippen LogP contribution in [-0.4, -0.2) is 22.9 Å². The fourth-order valence-corrected chi connectivity index (χ4v) is 0.748. The maximum Gasteiger partial charge on any atom is 0.503 e. The van der Waals surface area contributed by atoms with Crippen LogP contribution in [0.15, 0.2) is 0 Å². The first-order valence-electron chi connectivity index (χ1n) is 4.27. The molecule has 0 aromatic carbocycles. The smallest absolute Gasteiger partial charge is 0.450 e. The van der Waals surface area contributed by atoms with Crippen LogP contribution in [0.3, 0.4) is 0 Å². The lowest BCUT2D eigenvalue weighted by Crippen LogP contribution is -1.97. The molecule has 0 aromatic heterocycles. The van der Waals surface area contributed by atoms with Gasteiger partial charge in [-0.05, 0) is 13.0 Å². The Kier molecular flexibility index (Phi) is 24.8. The van der Waals surface area contributed by atoms with Gasteiger partial charge in [0.2, 0.25) is 0 Å². The second-order valence-electron chi connectivity index (χ2n) is 2.49. The maximum atomic E-state index is 8.56. The average Bonchev–Trinajstić information content (AvgIpc) is 1.97. The summed E-state index contributed by atoms with van der Waals surface area (Å²) in [6.45, 7) is 3.09. The molecular formula is C8H20ClNO3. The lowest BCUT2D eigenvalue weighted by atomic mass is 10.2. The largest absolute Gasteiger partial charge is 0.503 e. The molecule has 13 heavy (non-hydrogen) atoms. The molecule has 0 bridgehead atoms. The third-order valence-electron chi connectivity index (χ3n) is 1.31. The normalized spacial score (nSPS) is 7.85. The SMILES string of the molecule is CCCCCCCN.Cl.O=C(O)O. The lowest BCUT2D eigenvalue weighted by Gasteiger charge is -1.93. The van der Waals surface area contributed by atoms with Crippen molar-refractivity contribution >= 4 is 18.6 Å². The highest BCUT2D eigenvalue weighted by Crippen LogP contribution is 2.00. The third-order valence-corrected chi connectivity index (χ3v) is 1.31. The standard InChI is InChI=1S/C7H17N.CH2O3.ClH/c1-2-3-4-5-6-7-8;2-1(3)4;/h2-8H2,1H3;(H2,2,3,4);1H. The number of carboxylic acid groups (broad SMARTS) is 2. The van der Waals surface area contributed by atoms with Crippen LogP contribution < -0.4 is 5.73 Å². The van der Waals surface area contributed by atoms with E-state index in [4.69, 9.17) is 20.7 Å². The van der Waals surface area contributed by atoms with Crippen molar-refractivity contribution in [3.8, 4) is 0 Å². The molecule has 82 valence electrons. The summed E-state index contributed by atoms with van der Waals surface area (Å²) in [4.78, 5) is 8.56. The summed E-state index contributed by atoms with van der Waals surface area (Å²) in [6.07, 6.45) is 4.77. The minimum absolute atomic E-state index is 0. The Balaban J connectivity index is -0.000000173. The molecule has 0 saturated heterocycles. The van der Waals surface area contributed by atoms with E-state index in [-0.39, 0.29) is 12.4 Å². The molecule has 0 fully saturated rings. The van der Waals surface area contributed by atoms with Crippen molar-refractivity contribution in [3.05, 3.63) is 0 Å². The fraction of sp³-hybridized carbons (Fsp3) is 0.875. The number of rotatable bonds is 5. The predicted molar refractivity (Wildman–Crippen MR) is 55.7 cm³/mol. The van der Waals surface area contributed by atoms with E-state index in [0.717, 1.165) is 6.54 Å². The topological polar surface area (TPSA) is 83.6 Å². The van der Waals surface area contributed by atoms with Crippen LogP contribution in [0.1, 0.15) is 39.0 Å². The molecule has 0 aliphatic rings. The number of carbonyl (C=O) groups is 1. The second kappa shape index (κ2) is 17.6. The van der Waals surface area contributed by atoms with Crippen molar-refractivity contribution in [3.63, 3.8) is 0 Å². The van der Waals surface area contributed by atoms with Crippen LogP contribution in [0.25, 0.3) is 0 Å². The molecule has 0 aliphatic heterocycles. The van der Waals surface area contributed by atoms with Crippen LogP contribution in [0.2, 0.25) is 0 Å². The first-order chi connectivity index (χ1) is 5.65. The van der Waals surface area contributed by atoms with Gasteiger partial charge in [0.25, 0.3) is 0 Å². The van der Waals surface area contributed by atoms with Crippen LogP contribution in [0, 0.1) is 0 Å². The monoisotopic (exact) mass is 213 g/mol. The van der Waals surface area contributed by atoms with Crippen molar-refractivity contribution in [2.24, 2.45) is 5.73 Å². The Bertz CT molecular complexity index is 91.4. The van der Waals surface area contributed by atoms with Crippen LogP contribution >= 0.6 is 12.4 Å². The van der Waals surface area contributed by atoms with Gasteiger partial charge in [0.15, 0.2) is 0 Å². The van der Waals surface area contributed by atoms with Gasteiger partial charge in [-0.25, -0.2) is 4.79 Å². The number of unbranched alkanes of at least 4 members (excludes halogenated alkanes) is 4. The molecule has 4 N–H and O–H groups in total. The summed E-state index contributed by atoms with van der Waals surface area (Å²) in [5, 5.41) is 13.9. The molecule has 0 atom stereocenters. The molecule has 0 saturated carbocycles. The Morgan fingerprint density at radius 1 is 1.15 bits per heavy atom. The molecule has 4 nitrogen and oxygen atoms in total. The van der Waals surface area contributed by atoms with Crippen LogP contribution in [0.4, 0.5) is 4.79 Å². The Labute approximate surface area is 85.5 Å². The summed E-state index contributed by atoms with van der Waals surface area (Å²) in [5.74, 6) is 0. The maximum absolute atomic E-state index is 8.56. The first-order valence-corrected chi connectivity index (χ1v) is 4.27. The van der Waals surface area contributed by atoms with E-state index in [1.165, 1.54) is 32.1 Å². The Morgan fingerprint density at radius 2 is 1.54 bits per heavy atom. The quantitative estimate of drug-likeness (QED) is 0.613. The van der Waals surface area contributed by atoms with E-state index < -0.39 is 6.16 Å². The van der Waals surface area contributed by atoms with Crippen molar-refractivity contribution < 1.29 is 15.0 Å². The molecule has 0 unspecified atom stereocenters. The molecule has 0 spiro atoms. The fourth-order valence-electron chi connectivity index (χ4n) is 0.748. The van der Waals surface area contributed by atoms with Gasteiger partial charge in [0.05, 0.1) is 0 Å². The average molecular weight is 214 g/mol. The van der Waals surface area contributed by atoms with Gasteiger partial charge in [-0.3, -0.25) is 0 Å².